The van der Waals surface area contributed by atoms with Crippen LogP contribution in [0.2, 0.25) is 0 Å². The summed E-state index contributed by atoms with van der Waals surface area (Å²) in [6.45, 7) is 8.51. The molecular weight excluding hydrogens is 410 g/mol. The maximum Gasteiger partial charge on any atom is 0.262 e. The average molecular weight is 444 g/mol. The molecule has 0 amide bonds. The fourth-order valence-corrected chi connectivity index (χ4v) is 3.73. The van der Waals surface area contributed by atoms with Gasteiger partial charge in [0.25, 0.3) is 5.88 Å². The Bertz CT molecular complexity index is 911. The van der Waals surface area contributed by atoms with Gasteiger partial charge in [0, 0.05) is 19.4 Å². The minimum absolute atomic E-state index is 0.0101. The number of aromatic nitrogens is 2. The topological polar surface area (TPSA) is 94.0 Å². The Kier molecular flexibility index (Phi) is 7.56. The number of benzene rings is 1. The van der Waals surface area contributed by atoms with E-state index in [4.69, 9.17) is 14.2 Å². The number of ether oxygens (including phenoxy) is 3. The molecule has 1 aliphatic rings. The van der Waals surface area contributed by atoms with Crippen molar-refractivity contribution >= 4 is 11.6 Å². The standard InChI is InChI=1S/C24H33N3O5/c1-16(12-17(2)28)18-6-8-19(9-7-18)32-20-10-11-27(13-20)22-21(30-5)23(26-15-25-22)31-14-24(3,4)29/h6-9,15-16,20,29H,10-14H2,1-5H3/t16-,20-/m1/s1. The van der Waals surface area contributed by atoms with Crippen LogP contribution in [0.1, 0.15) is 52.0 Å². The van der Waals surface area contributed by atoms with Crippen molar-refractivity contribution in [3.8, 4) is 17.4 Å². The molecule has 0 aliphatic carbocycles. The van der Waals surface area contributed by atoms with E-state index in [1.54, 1.807) is 27.9 Å². The number of hydrogen-bond donors (Lipinski definition) is 1. The van der Waals surface area contributed by atoms with Crippen LogP contribution in [-0.2, 0) is 4.79 Å². The molecule has 1 saturated heterocycles. The summed E-state index contributed by atoms with van der Waals surface area (Å²) in [5.41, 5.74) is 0.146. The Morgan fingerprint density at radius 1 is 1.28 bits per heavy atom. The molecule has 2 atom stereocenters. The first-order valence-electron chi connectivity index (χ1n) is 10.9. The van der Waals surface area contributed by atoms with Gasteiger partial charge in [0.2, 0.25) is 5.75 Å². The summed E-state index contributed by atoms with van der Waals surface area (Å²) < 4.78 is 17.4. The molecule has 0 bridgehead atoms. The van der Waals surface area contributed by atoms with E-state index in [1.165, 1.54) is 6.33 Å². The molecule has 3 rings (SSSR count). The lowest BCUT2D eigenvalue weighted by Crippen LogP contribution is -2.29. The molecule has 174 valence electrons. The summed E-state index contributed by atoms with van der Waals surface area (Å²) in [5.74, 6) is 2.59. The van der Waals surface area contributed by atoms with Crippen molar-refractivity contribution in [3.05, 3.63) is 36.2 Å². The Morgan fingerprint density at radius 2 is 2.00 bits per heavy atom. The first-order chi connectivity index (χ1) is 15.2. The number of rotatable bonds is 10. The van der Waals surface area contributed by atoms with Crippen LogP contribution in [0.5, 0.6) is 17.4 Å². The second-order valence-corrected chi connectivity index (χ2v) is 8.99. The predicted octanol–water partition coefficient (Wildman–Crippen LogP) is 3.38. The fourth-order valence-electron chi connectivity index (χ4n) is 3.73. The van der Waals surface area contributed by atoms with Gasteiger partial charge >= 0.3 is 0 Å². The second kappa shape index (κ2) is 10.2. The maximum atomic E-state index is 11.4. The SMILES string of the molecule is COc1c(OCC(C)(C)O)ncnc1N1CC[C@@H](Oc2ccc([C@H](C)CC(C)=O)cc2)C1. The Balaban J connectivity index is 1.63. The third-order valence-electron chi connectivity index (χ3n) is 5.31. The number of ketones is 1. The number of aliphatic hydroxyl groups is 1. The molecular formula is C24H33N3O5. The molecule has 8 nitrogen and oxygen atoms in total. The average Bonchev–Trinajstić information content (AvgIpc) is 3.19. The zero-order valence-corrected chi connectivity index (χ0v) is 19.5. The first-order valence-corrected chi connectivity index (χ1v) is 10.9. The number of carbonyl (C=O) groups is 1. The van der Waals surface area contributed by atoms with E-state index in [0.29, 0.717) is 30.4 Å². The number of carbonyl (C=O) groups excluding carboxylic acids is 1. The van der Waals surface area contributed by atoms with Gasteiger partial charge in [-0.15, -0.1) is 0 Å². The zero-order valence-electron chi connectivity index (χ0n) is 19.5. The van der Waals surface area contributed by atoms with E-state index < -0.39 is 5.60 Å². The summed E-state index contributed by atoms with van der Waals surface area (Å²) >= 11 is 0. The summed E-state index contributed by atoms with van der Waals surface area (Å²) in [6, 6.07) is 7.97. The number of hydrogen-bond acceptors (Lipinski definition) is 8. The zero-order chi connectivity index (χ0) is 23.3. The predicted molar refractivity (Wildman–Crippen MR) is 122 cm³/mol. The largest absolute Gasteiger partial charge is 0.489 e. The number of anilines is 1. The quantitative estimate of drug-likeness (QED) is 0.597. The van der Waals surface area contributed by atoms with Crippen LogP contribution in [0.25, 0.3) is 0 Å². The van der Waals surface area contributed by atoms with Gasteiger partial charge in [-0.25, -0.2) is 4.98 Å². The minimum Gasteiger partial charge on any atom is -0.489 e. The van der Waals surface area contributed by atoms with Gasteiger partial charge in [0.15, 0.2) is 5.82 Å². The molecule has 1 aliphatic heterocycles. The Hall–Kier alpha value is -2.87. The van der Waals surface area contributed by atoms with E-state index in [1.807, 2.05) is 24.3 Å². The van der Waals surface area contributed by atoms with Crippen molar-refractivity contribution in [3.63, 3.8) is 0 Å². The second-order valence-electron chi connectivity index (χ2n) is 8.99. The van der Waals surface area contributed by atoms with Crippen LogP contribution >= 0.6 is 0 Å². The molecule has 0 unspecified atom stereocenters. The smallest absolute Gasteiger partial charge is 0.262 e. The molecule has 1 aromatic carbocycles. The fraction of sp³-hybridized carbons (Fsp3) is 0.542. The van der Waals surface area contributed by atoms with E-state index in [2.05, 4.69) is 21.8 Å². The summed E-state index contributed by atoms with van der Waals surface area (Å²) in [4.78, 5) is 22.0. The Morgan fingerprint density at radius 3 is 2.62 bits per heavy atom. The molecule has 2 heterocycles. The molecule has 32 heavy (non-hydrogen) atoms. The lowest BCUT2D eigenvalue weighted by Gasteiger charge is -2.22. The Labute approximate surface area is 189 Å². The van der Waals surface area contributed by atoms with Crippen molar-refractivity contribution in [2.24, 2.45) is 0 Å². The highest BCUT2D eigenvalue weighted by molar-refractivity contribution is 5.76. The van der Waals surface area contributed by atoms with Gasteiger partial charge in [-0.05, 0) is 44.4 Å². The summed E-state index contributed by atoms with van der Waals surface area (Å²) in [5, 5.41) is 9.93. The minimum atomic E-state index is -0.984. The molecule has 0 saturated carbocycles. The highest BCUT2D eigenvalue weighted by Crippen LogP contribution is 2.36. The van der Waals surface area contributed by atoms with Gasteiger partial charge in [-0.3, -0.25) is 0 Å². The lowest BCUT2D eigenvalue weighted by molar-refractivity contribution is -0.117. The summed E-state index contributed by atoms with van der Waals surface area (Å²) in [7, 11) is 1.55. The van der Waals surface area contributed by atoms with Crippen LogP contribution in [0.4, 0.5) is 5.82 Å². The summed E-state index contributed by atoms with van der Waals surface area (Å²) in [6.07, 6.45) is 2.83. The maximum absolute atomic E-state index is 11.4. The third kappa shape index (κ3) is 6.32. The normalized spacial score (nSPS) is 17.2. The van der Waals surface area contributed by atoms with Crippen LogP contribution in [0.3, 0.4) is 0 Å². The molecule has 2 aromatic rings. The van der Waals surface area contributed by atoms with Crippen molar-refractivity contribution in [2.75, 3.05) is 31.7 Å². The van der Waals surface area contributed by atoms with Crippen molar-refractivity contribution in [1.29, 1.82) is 0 Å². The highest BCUT2D eigenvalue weighted by atomic mass is 16.5. The van der Waals surface area contributed by atoms with Crippen molar-refractivity contribution in [2.45, 2.75) is 58.2 Å². The van der Waals surface area contributed by atoms with Crippen LogP contribution in [0.15, 0.2) is 30.6 Å². The van der Waals surface area contributed by atoms with Crippen molar-refractivity contribution in [1.82, 2.24) is 9.97 Å². The van der Waals surface area contributed by atoms with E-state index in [9.17, 15) is 9.90 Å². The monoisotopic (exact) mass is 443 g/mol. The third-order valence-corrected chi connectivity index (χ3v) is 5.31. The molecule has 1 N–H and O–H groups in total. The van der Waals surface area contributed by atoms with E-state index in [-0.39, 0.29) is 24.4 Å². The van der Waals surface area contributed by atoms with E-state index >= 15 is 0 Å². The molecule has 8 heteroatoms. The van der Waals surface area contributed by atoms with Crippen molar-refractivity contribution < 1.29 is 24.1 Å². The number of methoxy groups -OCH3 is 1. The van der Waals surface area contributed by atoms with E-state index in [0.717, 1.165) is 24.3 Å². The van der Waals surface area contributed by atoms with Crippen LogP contribution in [-0.4, -0.2) is 59.4 Å². The van der Waals surface area contributed by atoms with Crippen LogP contribution in [0, 0.1) is 0 Å². The van der Waals surface area contributed by atoms with Gasteiger partial charge in [-0.1, -0.05) is 19.1 Å². The van der Waals surface area contributed by atoms with Gasteiger partial charge < -0.3 is 29.0 Å². The molecule has 0 spiro atoms. The molecule has 1 aromatic heterocycles. The first kappa shape index (κ1) is 23.8. The molecule has 0 radical (unpaired) electrons. The van der Waals surface area contributed by atoms with Gasteiger partial charge in [0.1, 0.15) is 30.6 Å². The van der Waals surface area contributed by atoms with Gasteiger partial charge in [-0.2, -0.15) is 4.98 Å². The van der Waals surface area contributed by atoms with Crippen LogP contribution < -0.4 is 19.1 Å². The highest BCUT2D eigenvalue weighted by Gasteiger charge is 2.29. The van der Waals surface area contributed by atoms with Gasteiger partial charge in [0.05, 0.1) is 19.3 Å². The lowest BCUT2D eigenvalue weighted by atomic mass is 9.96. The number of nitrogens with zero attached hydrogens (tertiary/aromatic N) is 3. The molecule has 1 fully saturated rings. The number of Topliss-reactive ketones (excluding diaryl/α,β-unsaturated/α-hetero) is 1.